The maximum atomic E-state index is 10.6. The molecule has 0 amide bonds. The largest absolute Gasteiger partial charge is 0.478 e. The number of aromatic carboxylic acids is 1. The number of hydrogen-bond donors (Lipinski definition) is 2. The summed E-state index contributed by atoms with van der Waals surface area (Å²) in [5, 5.41) is 16.0. The molecule has 0 aromatic carbocycles. The zero-order chi connectivity index (χ0) is 13.0. The van der Waals surface area contributed by atoms with Crippen molar-refractivity contribution in [2.45, 2.75) is 13.1 Å². The number of carboxylic acid groups (broad SMARTS) is 1. The van der Waals surface area contributed by atoms with Crippen LogP contribution in [0.4, 0.5) is 0 Å². The predicted molar refractivity (Wildman–Crippen MR) is 62.7 cm³/mol. The first kappa shape index (κ1) is 12.2. The lowest BCUT2D eigenvalue weighted by Crippen LogP contribution is -2.15. The van der Waals surface area contributed by atoms with Gasteiger partial charge in [0.25, 0.3) is 0 Å². The van der Waals surface area contributed by atoms with Gasteiger partial charge < -0.3 is 10.4 Å². The second-order valence-corrected chi connectivity index (χ2v) is 3.78. The molecule has 7 nitrogen and oxygen atoms in total. The summed E-state index contributed by atoms with van der Waals surface area (Å²) in [5.41, 5.74) is 0.959. The molecule has 0 bridgehead atoms. The van der Waals surface area contributed by atoms with Gasteiger partial charge in [-0.2, -0.15) is 5.10 Å². The van der Waals surface area contributed by atoms with E-state index in [9.17, 15) is 4.79 Å². The van der Waals surface area contributed by atoms with Crippen molar-refractivity contribution in [3.05, 3.63) is 41.7 Å². The Balaban J connectivity index is 1.85. The molecule has 0 aliphatic rings. The minimum atomic E-state index is -0.973. The van der Waals surface area contributed by atoms with Gasteiger partial charge in [0.2, 0.25) is 0 Å². The van der Waals surface area contributed by atoms with Crippen LogP contribution in [0, 0.1) is 0 Å². The summed E-state index contributed by atoms with van der Waals surface area (Å²) < 4.78 is 1.64. The van der Waals surface area contributed by atoms with E-state index in [0.717, 1.165) is 5.69 Å². The summed E-state index contributed by atoms with van der Waals surface area (Å²) >= 11 is 0. The topological polar surface area (TPSA) is 92.9 Å². The average molecular weight is 247 g/mol. The molecule has 2 aromatic rings. The summed E-state index contributed by atoms with van der Waals surface area (Å²) in [6, 6.07) is 3.22. The van der Waals surface area contributed by atoms with E-state index in [-0.39, 0.29) is 5.56 Å². The molecular formula is C11H13N5O2. The van der Waals surface area contributed by atoms with Crippen molar-refractivity contribution in [2.75, 3.05) is 0 Å². The molecule has 2 aromatic heterocycles. The van der Waals surface area contributed by atoms with Crippen LogP contribution >= 0.6 is 0 Å². The fraction of sp³-hybridized carbons (Fsp3) is 0.273. The molecule has 0 saturated heterocycles. The van der Waals surface area contributed by atoms with Crippen LogP contribution in [-0.2, 0) is 20.1 Å². The van der Waals surface area contributed by atoms with E-state index in [2.05, 4.69) is 20.4 Å². The van der Waals surface area contributed by atoms with Crippen molar-refractivity contribution in [1.29, 1.82) is 0 Å². The Morgan fingerprint density at radius 3 is 2.78 bits per heavy atom. The number of nitrogens with zero attached hydrogens (tertiary/aromatic N) is 4. The second-order valence-electron chi connectivity index (χ2n) is 3.78. The van der Waals surface area contributed by atoms with Crippen LogP contribution in [0.1, 0.15) is 21.9 Å². The molecule has 2 rings (SSSR count). The highest BCUT2D eigenvalue weighted by Gasteiger charge is 2.03. The molecule has 0 spiro atoms. The Kier molecular flexibility index (Phi) is 3.63. The molecule has 0 atom stereocenters. The number of rotatable bonds is 5. The Morgan fingerprint density at radius 1 is 1.39 bits per heavy atom. The molecule has 2 heterocycles. The average Bonchev–Trinajstić information content (AvgIpc) is 2.76. The van der Waals surface area contributed by atoms with Gasteiger partial charge in [-0.25, -0.2) is 9.78 Å². The minimum Gasteiger partial charge on any atom is -0.478 e. The fourth-order valence-corrected chi connectivity index (χ4v) is 1.42. The zero-order valence-corrected chi connectivity index (χ0v) is 9.87. The Morgan fingerprint density at radius 2 is 2.22 bits per heavy atom. The summed E-state index contributed by atoms with van der Waals surface area (Å²) in [4.78, 5) is 18.8. The first-order valence-corrected chi connectivity index (χ1v) is 5.38. The number of pyridine rings is 1. The molecule has 0 saturated carbocycles. The summed E-state index contributed by atoms with van der Waals surface area (Å²) in [6.45, 7) is 1.08. The van der Waals surface area contributed by atoms with Gasteiger partial charge >= 0.3 is 5.97 Å². The van der Waals surface area contributed by atoms with Gasteiger partial charge in [-0.1, -0.05) is 0 Å². The van der Waals surface area contributed by atoms with Crippen LogP contribution in [0.5, 0.6) is 0 Å². The van der Waals surface area contributed by atoms with Gasteiger partial charge in [-0.3, -0.25) is 9.67 Å². The van der Waals surface area contributed by atoms with Crippen molar-refractivity contribution in [3.63, 3.8) is 0 Å². The maximum Gasteiger partial charge on any atom is 0.337 e. The van der Waals surface area contributed by atoms with E-state index >= 15 is 0 Å². The number of carboxylic acids is 1. The zero-order valence-electron chi connectivity index (χ0n) is 9.87. The minimum absolute atomic E-state index is 0.185. The molecule has 18 heavy (non-hydrogen) atoms. The van der Waals surface area contributed by atoms with E-state index in [1.807, 2.05) is 7.05 Å². The van der Waals surface area contributed by atoms with E-state index in [1.165, 1.54) is 12.3 Å². The molecule has 94 valence electrons. The molecule has 7 heteroatoms. The van der Waals surface area contributed by atoms with Gasteiger partial charge in [0.1, 0.15) is 6.33 Å². The van der Waals surface area contributed by atoms with Crippen LogP contribution in [0.2, 0.25) is 0 Å². The number of aromatic nitrogens is 4. The Bertz CT molecular complexity index is 535. The third-order valence-electron chi connectivity index (χ3n) is 2.31. The predicted octanol–water partition coefficient (Wildman–Crippen LogP) is 0.198. The van der Waals surface area contributed by atoms with E-state index in [1.54, 1.807) is 17.1 Å². The van der Waals surface area contributed by atoms with Crippen molar-refractivity contribution >= 4 is 5.97 Å². The van der Waals surface area contributed by atoms with Crippen LogP contribution in [0.15, 0.2) is 24.7 Å². The second kappa shape index (κ2) is 5.37. The molecule has 2 N–H and O–H groups in total. The quantitative estimate of drug-likeness (QED) is 0.784. The number of aryl methyl sites for hydroxylation is 1. The normalized spacial score (nSPS) is 10.5. The highest BCUT2D eigenvalue weighted by molar-refractivity contribution is 5.87. The standard InChI is InChI=1S/C11H13N5O2/c1-16-7-14-10(15-16)6-12-5-9-3-2-8(4-13-9)11(17)18/h2-4,7,12H,5-6H2,1H3,(H,17,18). The van der Waals surface area contributed by atoms with E-state index in [0.29, 0.717) is 18.9 Å². The van der Waals surface area contributed by atoms with Crippen molar-refractivity contribution in [1.82, 2.24) is 25.1 Å². The molecule has 0 unspecified atom stereocenters. The van der Waals surface area contributed by atoms with Crippen LogP contribution in [0.3, 0.4) is 0 Å². The highest BCUT2D eigenvalue weighted by atomic mass is 16.4. The SMILES string of the molecule is Cn1cnc(CNCc2ccc(C(=O)O)cn2)n1. The first-order chi connectivity index (χ1) is 8.65. The van der Waals surface area contributed by atoms with E-state index in [4.69, 9.17) is 5.11 Å². The van der Waals surface area contributed by atoms with Crippen molar-refractivity contribution in [3.8, 4) is 0 Å². The third kappa shape index (κ3) is 3.11. The molecule has 0 aliphatic carbocycles. The van der Waals surface area contributed by atoms with Crippen molar-refractivity contribution < 1.29 is 9.90 Å². The lowest BCUT2D eigenvalue weighted by molar-refractivity contribution is 0.0696. The van der Waals surface area contributed by atoms with Crippen LogP contribution in [-0.4, -0.2) is 30.8 Å². The monoisotopic (exact) mass is 247 g/mol. The number of carbonyl (C=O) groups is 1. The Labute approximate surface area is 104 Å². The van der Waals surface area contributed by atoms with Gasteiger partial charge in [0.15, 0.2) is 5.82 Å². The summed E-state index contributed by atoms with van der Waals surface area (Å²) in [5.74, 6) is -0.264. The smallest absolute Gasteiger partial charge is 0.337 e. The van der Waals surface area contributed by atoms with Crippen LogP contribution < -0.4 is 5.32 Å². The van der Waals surface area contributed by atoms with Gasteiger partial charge in [-0.15, -0.1) is 0 Å². The number of nitrogens with one attached hydrogen (secondary N) is 1. The lowest BCUT2D eigenvalue weighted by atomic mass is 10.2. The summed E-state index contributed by atoms with van der Waals surface area (Å²) in [7, 11) is 1.81. The van der Waals surface area contributed by atoms with Crippen molar-refractivity contribution in [2.24, 2.45) is 7.05 Å². The summed E-state index contributed by atoms with van der Waals surface area (Å²) in [6.07, 6.45) is 2.98. The molecule has 0 fully saturated rings. The maximum absolute atomic E-state index is 10.6. The van der Waals surface area contributed by atoms with Gasteiger partial charge in [-0.05, 0) is 12.1 Å². The van der Waals surface area contributed by atoms with Crippen LogP contribution in [0.25, 0.3) is 0 Å². The van der Waals surface area contributed by atoms with Gasteiger partial charge in [0, 0.05) is 19.8 Å². The van der Waals surface area contributed by atoms with Gasteiger partial charge in [0.05, 0.1) is 17.8 Å². The Hall–Kier alpha value is -2.28. The molecular weight excluding hydrogens is 234 g/mol. The number of hydrogen-bond acceptors (Lipinski definition) is 5. The first-order valence-electron chi connectivity index (χ1n) is 5.38. The highest BCUT2D eigenvalue weighted by Crippen LogP contribution is 2.00. The third-order valence-corrected chi connectivity index (χ3v) is 2.31. The molecule has 0 radical (unpaired) electrons. The lowest BCUT2D eigenvalue weighted by Gasteiger charge is -2.02. The van der Waals surface area contributed by atoms with E-state index < -0.39 is 5.97 Å². The fourth-order valence-electron chi connectivity index (χ4n) is 1.42. The molecule has 0 aliphatic heterocycles.